The van der Waals surface area contributed by atoms with Crippen LogP contribution in [0.1, 0.15) is 11.1 Å². The number of hydrogen-bond acceptors (Lipinski definition) is 3. The monoisotopic (exact) mass is 262 g/mol. The van der Waals surface area contributed by atoms with E-state index in [0.29, 0.717) is 11.1 Å². The molecule has 0 atom stereocenters. The van der Waals surface area contributed by atoms with E-state index in [0.717, 1.165) is 6.07 Å². The Bertz CT molecular complexity index is 512. The van der Waals surface area contributed by atoms with Crippen LogP contribution < -0.4 is 5.32 Å². The van der Waals surface area contributed by atoms with Crippen molar-refractivity contribution in [1.82, 2.24) is 0 Å². The van der Waals surface area contributed by atoms with Gasteiger partial charge in [-0.15, -0.1) is 0 Å². The number of carbonyl (C=O) groups is 1. The fraction of sp³-hybridized carbons (Fsp3) is 0.300. The summed E-state index contributed by atoms with van der Waals surface area (Å²) in [6.07, 6.45) is -5.04. The second-order valence-corrected chi connectivity index (χ2v) is 3.66. The maximum atomic E-state index is 12.1. The van der Waals surface area contributed by atoms with Crippen molar-refractivity contribution >= 4 is 17.3 Å². The topological polar surface area (TPSA) is 72.2 Å². The van der Waals surface area contributed by atoms with Gasteiger partial charge in [-0.05, 0) is 25.5 Å². The number of alkyl halides is 3. The molecule has 0 spiro atoms. The third kappa shape index (κ3) is 2.96. The number of nitro benzene ring substituents is 1. The lowest BCUT2D eigenvalue weighted by Crippen LogP contribution is -2.30. The van der Waals surface area contributed by atoms with Crippen molar-refractivity contribution in [2.45, 2.75) is 20.0 Å². The number of halogens is 3. The van der Waals surface area contributed by atoms with E-state index in [1.54, 1.807) is 5.32 Å². The summed E-state index contributed by atoms with van der Waals surface area (Å²) < 4.78 is 36.2. The van der Waals surface area contributed by atoms with Crippen LogP contribution in [0.2, 0.25) is 0 Å². The van der Waals surface area contributed by atoms with Crippen LogP contribution in [0.3, 0.4) is 0 Å². The molecule has 0 heterocycles. The summed E-state index contributed by atoms with van der Waals surface area (Å²) in [5.74, 6) is -2.16. The lowest BCUT2D eigenvalue weighted by molar-refractivity contribution is -0.385. The molecule has 1 aromatic rings. The number of benzene rings is 1. The van der Waals surface area contributed by atoms with Gasteiger partial charge in [0.05, 0.1) is 10.6 Å². The molecule has 8 heteroatoms. The molecule has 0 fully saturated rings. The number of carbonyl (C=O) groups excluding carboxylic acids is 1. The van der Waals surface area contributed by atoms with Crippen molar-refractivity contribution in [1.29, 1.82) is 0 Å². The number of amides is 1. The molecule has 0 unspecified atom stereocenters. The highest BCUT2D eigenvalue weighted by Crippen LogP contribution is 2.27. The van der Waals surface area contributed by atoms with Gasteiger partial charge in [0.2, 0.25) is 0 Å². The molecule has 0 saturated carbocycles. The zero-order chi connectivity index (χ0) is 14.1. The number of nitro groups is 1. The average molecular weight is 262 g/mol. The van der Waals surface area contributed by atoms with Gasteiger partial charge >= 0.3 is 12.1 Å². The van der Waals surface area contributed by atoms with Crippen LogP contribution >= 0.6 is 0 Å². The second-order valence-electron chi connectivity index (χ2n) is 3.66. The molecule has 1 aromatic carbocycles. The molecule has 98 valence electrons. The Labute approximate surface area is 99.8 Å². The minimum atomic E-state index is -5.04. The molecule has 5 nitrogen and oxygen atoms in total. The van der Waals surface area contributed by atoms with Crippen LogP contribution in [0.4, 0.5) is 24.5 Å². The fourth-order valence-corrected chi connectivity index (χ4v) is 1.37. The quantitative estimate of drug-likeness (QED) is 0.657. The zero-order valence-corrected chi connectivity index (χ0v) is 9.46. The smallest absolute Gasteiger partial charge is 0.318 e. The predicted octanol–water partition coefficient (Wildman–Crippen LogP) is 2.71. The van der Waals surface area contributed by atoms with Gasteiger partial charge in [-0.2, -0.15) is 13.2 Å². The van der Waals surface area contributed by atoms with E-state index >= 15 is 0 Å². The number of nitrogens with one attached hydrogen (secondary N) is 1. The number of nitrogens with zero attached hydrogens (tertiary/aromatic N) is 1. The molecule has 18 heavy (non-hydrogen) atoms. The van der Waals surface area contributed by atoms with Crippen LogP contribution in [0.25, 0.3) is 0 Å². The molecular formula is C10H9F3N2O3. The molecule has 0 aliphatic heterocycles. The van der Waals surface area contributed by atoms with Crippen molar-refractivity contribution in [2.24, 2.45) is 0 Å². The average Bonchev–Trinajstić information content (AvgIpc) is 2.19. The van der Waals surface area contributed by atoms with Crippen molar-refractivity contribution in [3.63, 3.8) is 0 Å². The Morgan fingerprint density at radius 2 is 1.83 bits per heavy atom. The summed E-state index contributed by atoms with van der Waals surface area (Å²) >= 11 is 0. The number of anilines is 1. The summed E-state index contributed by atoms with van der Waals surface area (Å²) in [6.45, 7) is 2.91. The maximum Gasteiger partial charge on any atom is 0.471 e. The second kappa shape index (κ2) is 4.63. The van der Waals surface area contributed by atoms with Gasteiger partial charge in [0.25, 0.3) is 5.69 Å². The highest BCUT2D eigenvalue weighted by atomic mass is 19.4. The minimum Gasteiger partial charge on any atom is -0.318 e. The van der Waals surface area contributed by atoms with E-state index < -0.39 is 17.0 Å². The largest absolute Gasteiger partial charge is 0.471 e. The summed E-state index contributed by atoms with van der Waals surface area (Å²) in [5.41, 5.74) is 0.0471. The van der Waals surface area contributed by atoms with Crippen molar-refractivity contribution < 1.29 is 22.9 Å². The molecule has 0 radical (unpaired) electrons. The first-order valence-electron chi connectivity index (χ1n) is 4.76. The van der Waals surface area contributed by atoms with Crippen LogP contribution in [-0.4, -0.2) is 17.0 Å². The molecular weight excluding hydrogens is 253 g/mol. The van der Waals surface area contributed by atoms with Crippen LogP contribution in [0, 0.1) is 24.0 Å². The Morgan fingerprint density at radius 1 is 1.28 bits per heavy atom. The lowest BCUT2D eigenvalue weighted by Gasteiger charge is -2.11. The van der Waals surface area contributed by atoms with E-state index in [4.69, 9.17) is 0 Å². The van der Waals surface area contributed by atoms with E-state index in [1.165, 1.54) is 19.9 Å². The molecule has 0 aliphatic rings. The van der Waals surface area contributed by atoms with Gasteiger partial charge in [0.15, 0.2) is 0 Å². The number of rotatable bonds is 2. The van der Waals surface area contributed by atoms with Crippen molar-refractivity contribution in [3.8, 4) is 0 Å². The molecule has 1 N–H and O–H groups in total. The highest BCUT2D eigenvalue weighted by molar-refractivity contribution is 5.95. The molecule has 0 bridgehead atoms. The Morgan fingerprint density at radius 3 is 2.28 bits per heavy atom. The molecule has 0 saturated heterocycles. The van der Waals surface area contributed by atoms with Crippen molar-refractivity contribution in [2.75, 3.05) is 5.32 Å². The van der Waals surface area contributed by atoms with Crippen LogP contribution in [0.5, 0.6) is 0 Å². The van der Waals surface area contributed by atoms with Gasteiger partial charge in [0.1, 0.15) is 0 Å². The first-order chi connectivity index (χ1) is 8.12. The van der Waals surface area contributed by atoms with Gasteiger partial charge in [0, 0.05) is 11.6 Å². The maximum absolute atomic E-state index is 12.1. The van der Waals surface area contributed by atoms with Gasteiger partial charge < -0.3 is 5.32 Å². The summed E-state index contributed by atoms with van der Waals surface area (Å²) in [5, 5.41) is 12.2. The highest BCUT2D eigenvalue weighted by Gasteiger charge is 2.39. The first-order valence-corrected chi connectivity index (χ1v) is 4.76. The SMILES string of the molecule is Cc1cc(C)c([N+](=O)[O-])cc1NC(=O)C(F)(F)F. The van der Waals surface area contributed by atoms with E-state index in [9.17, 15) is 28.1 Å². The van der Waals surface area contributed by atoms with Gasteiger partial charge in [-0.3, -0.25) is 14.9 Å². The zero-order valence-electron chi connectivity index (χ0n) is 9.46. The van der Waals surface area contributed by atoms with E-state index in [1.807, 2.05) is 0 Å². The Balaban J connectivity index is 3.14. The predicted molar refractivity (Wildman–Crippen MR) is 57.3 cm³/mol. The van der Waals surface area contributed by atoms with Crippen molar-refractivity contribution in [3.05, 3.63) is 33.4 Å². The fourth-order valence-electron chi connectivity index (χ4n) is 1.37. The van der Waals surface area contributed by atoms with Crippen LogP contribution in [-0.2, 0) is 4.79 Å². The molecule has 1 amide bonds. The number of aryl methyl sites for hydroxylation is 2. The van der Waals surface area contributed by atoms with Gasteiger partial charge in [-0.25, -0.2) is 0 Å². The normalized spacial score (nSPS) is 11.2. The lowest BCUT2D eigenvalue weighted by atomic mass is 10.1. The van der Waals surface area contributed by atoms with Crippen LogP contribution in [0.15, 0.2) is 12.1 Å². The summed E-state index contributed by atoms with van der Waals surface area (Å²) in [6, 6.07) is 2.25. The molecule has 1 rings (SSSR count). The minimum absolute atomic E-state index is 0.227. The molecule has 0 aromatic heterocycles. The molecule has 0 aliphatic carbocycles. The van der Waals surface area contributed by atoms with Gasteiger partial charge in [-0.1, -0.05) is 0 Å². The Hall–Kier alpha value is -2.12. The number of hydrogen-bond donors (Lipinski definition) is 1. The van der Waals surface area contributed by atoms with E-state index in [-0.39, 0.29) is 11.4 Å². The third-order valence-corrected chi connectivity index (χ3v) is 2.25. The van der Waals surface area contributed by atoms with E-state index in [2.05, 4.69) is 0 Å². The summed E-state index contributed by atoms with van der Waals surface area (Å²) in [4.78, 5) is 20.7. The Kier molecular flexibility index (Phi) is 3.59. The summed E-state index contributed by atoms with van der Waals surface area (Å²) in [7, 11) is 0. The third-order valence-electron chi connectivity index (χ3n) is 2.25. The first kappa shape index (κ1) is 13.9. The standard InChI is InChI=1S/C10H9F3N2O3/c1-5-3-6(2)8(15(17)18)4-7(5)14-9(16)10(11,12)13/h3-4H,1-2H3,(H,14,16).